The molecule has 0 saturated heterocycles. The van der Waals surface area contributed by atoms with Gasteiger partial charge in [-0.3, -0.25) is 4.79 Å². The number of halogens is 3. The predicted molar refractivity (Wildman–Crippen MR) is 81.9 cm³/mol. The maximum Gasteiger partial charge on any atom is 0.406 e. The summed E-state index contributed by atoms with van der Waals surface area (Å²) in [4.78, 5) is 13.3. The summed E-state index contributed by atoms with van der Waals surface area (Å²) in [5, 5.41) is 0. The van der Waals surface area contributed by atoms with Crippen molar-refractivity contribution in [2.24, 2.45) is 5.41 Å². The third-order valence-electron chi connectivity index (χ3n) is 3.15. The average Bonchev–Trinajstić information content (AvgIpc) is 2.34. The van der Waals surface area contributed by atoms with Crippen LogP contribution in [0.1, 0.15) is 56.5 Å². The molecule has 1 amide bonds. The zero-order chi connectivity index (χ0) is 17.1. The van der Waals surface area contributed by atoms with Crippen LogP contribution in [0.2, 0.25) is 0 Å². The Labute approximate surface area is 130 Å². The summed E-state index contributed by atoms with van der Waals surface area (Å²) < 4.78 is 38.2. The van der Waals surface area contributed by atoms with Gasteiger partial charge in [-0.25, -0.2) is 0 Å². The van der Waals surface area contributed by atoms with Gasteiger partial charge < -0.3 is 4.90 Å². The van der Waals surface area contributed by atoms with E-state index < -0.39 is 24.0 Å². The van der Waals surface area contributed by atoms with E-state index in [4.69, 9.17) is 0 Å². The van der Waals surface area contributed by atoms with E-state index in [0.29, 0.717) is 5.92 Å². The van der Waals surface area contributed by atoms with Crippen molar-refractivity contribution in [1.29, 1.82) is 0 Å². The lowest BCUT2D eigenvalue weighted by atomic mass is 9.95. The average molecular weight is 315 g/mol. The van der Waals surface area contributed by atoms with Crippen molar-refractivity contribution in [3.05, 3.63) is 35.4 Å². The van der Waals surface area contributed by atoms with Crippen LogP contribution in [0.5, 0.6) is 0 Å². The van der Waals surface area contributed by atoms with Crippen LogP contribution in [0.15, 0.2) is 24.3 Å². The Hall–Kier alpha value is -1.52. The minimum atomic E-state index is -4.40. The Morgan fingerprint density at radius 1 is 1.05 bits per heavy atom. The highest BCUT2D eigenvalue weighted by Crippen LogP contribution is 2.23. The van der Waals surface area contributed by atoms with Gasteiger partial charge in [-0.1, -0.05) is 46.8 Å². The molecule has 0 aliphatic carbocycles. The molecule has 2 nitrogen and oxygen atoms in total. The second kappa shape index (κ2) is 6.71. The summed E-state index contributed by atoms with van der Waals surface area (Å²) in [5.74, 6) is -0.271. The first-order valence-corrected chi connectivity index (χ1v) is 7.35. The Kier molecular flexibility index (Phi) is 5.65. The quantitative estimate of drug-likeness (QED) is 0.777. The molecule has 5 heteroatoms. The van der Waals surface area contributed by atoms with Crippen molar-refractivity contribution < 1.29 is 18.0 Å². The summed E-state index contributed by atoms with van der Waals surface area (Å²) in [6, 6.07) is 6.79. The van der Waals surface area contributed by atoms with Crippen molar-refractivity contribution in [3.63, 3.8) is 0 Å². The molecule has 1 rings (SSSR count). The van der Waals surface area contributed by atoms with E-state index in [1.54, 1.807) is 24.3 Å². The van der Waals surface area contributed by atoms with E-state index in [1.807, 2.05) is 34.6 Å². The molecular formula is C17H24F3NO. The fourth-order valence-electron chi connectivity index (χ4n) is 2.18. The molecular weight excluding hydrogens is 291 g/mol. The maximum atomic E-state index is 12.7. The predicted octanol–water partition coefficient (Wildman–Crippen LogP) is 4.86. The van der Waals surface area contributed by atoms with E-state index in [2.05, 4.69) is 0 Å². The Morgan fingerprint density at radius 3 is 1.91 bits per heavy atom. The molecule has 0 saturated carbocycles. The third kappa shape index (κ3) is 6.08. The minimum Gasteiger partial charge on any atom is -0.329 e. The Balaban J connectivity index is 3.00. The number of amides is 1. The van der Waals surface area contributed by atoms with E-state index in [9.17, 15) is 18.0 Å². The van der Waals surface area contributed by atoms with Crippen LogP contribution in [0, 0.1) is 5.41 Å². The first-order chi connectivity index (χ1) is 9.89. The Bertz CT molecular complexity index is 482. The number of carbonyl (C=O) groups is 1. The standard InChI is InChI=1S/C17H24F3NO/c1-12(2)13-6-8-14(9-7-13)15(22)21(10-16(3,4)5)11-17(18,19)20/h6-9,12H,10-11H2,1-5H3. The first-order valence-electron chi connectivity index (χ1n) is 7.35. The summed E-state index contributed by atoms with van der Waals surface area (Å²) in [6.45, 7) is 8.30. The maximum absolute atomic E-state index is 12.7. The highest BCUT2D eigenvalue weighted by Gasteiger charge is 2.35. The van der Waals surface area contributed by atoms with Gasteiger partial charge in [0.25, 0.3) is 5.91 Å². The fraction of sp³-hybridized carbons (Fsp3) is 0.588. The molecule has 0 aliphatic heterocycles. The van der Waals surface area contributed by atoms with Gasteiger partial charge in [0.1, 0.15) is 6.54 Å². The molecule has 0 atom stereocenters. The summed E-state index contributed by atoms with van der Waals surface area (Å²) >= 11 is 0. The molecule has 0 radical (unpaired) electrons. The van der Waals surface area contributed by atoms with Gasteiger partial charge >= 0.3 is 6.18 Å². The highest BCUT2D eigenvalue weighted by atomic mass is 19.4. The molecule has 1 aromatic rings. The van der Waals surface area contributed by atoms with Crippen LogP contribution in [0.25, 0.3) is 0 Å². The second-order valence-corrected chi connectivity index (χ2v) is 7.11. The molecule has 0 bridgehead atoms. The van der Waals surface area contributed by atoms with E-state index in [1.165, 1.54) is 0 Å². The van der Waals surface area contributed by atoms with Gasteiger partial charge in [-0.2, -0.15) is 13.2 Å². The molecule has 1 aromatic carbocycles. The van der Waals surface area contributed by atoms with Crippen LogP contribution in [-0.2, 0) is 0 Å². The fourth-order valence-corrected chi connectivity index (χ4v) is 2.18. The van der Waals surface area contributed by atoms with Crippen molar-refractivity contribution in [2.75, 3.05) is 13.1 Å². The lowest BCUT2D eigenvalue weighted by molar-refractivity contribution is -0.142. The molecule has 22 heavy (non-hydrogen) atoms. The molecule has 0 spiro atoms. The van der Waals surface area contributed by atoms with Crippen molar-refractivity contribution in [3.8, 4) is 0 Å². The largest absolute Gasteiger partial charge is 0.406 e. The van der Waals surface area contributed by atoms with Gasteiger partial charge in [0.15, 0.2) is 0 Å². The number of alkyl halides is 3. The SMILES string of the molecule is CC(C)c1ccc(C(=O)N(CC(C)(C)C)CC(F)(F)F)cc1. The van der Waals surface area contributed by atoms with Crippen molar-refractivity contribution in [2.45, 2.75) is 46.7 Å². The van der Waals surface area contributed by atoms with Crippen LogP contribution in [0.3, 0.4) is 0 Å². The smallest absolute Gasteiger partial charge is 0.329 e. The van der Waals surface area contributed by atoms with Gasteiger partial charge in [0.05, 0.1) is 0 Å². The number of benzene rings is 1. The van der Waals surface area contributed by atoms with E-state index in [-0.39, 0.29) is 12.1 Å². The van der Waals surface area contributed by atoms with E-state index in [0.717, 1.165) is 10.5 Å². The van der Waals surface area contributed by atoms with Crippen LogP contribution in [-0.4, -0.2) is 30.1 Å². The lowest BCUT2D eigenvalue weighted by Crippen LogP contribution is -2.43. The number of rotatable bonds is 4. The second-order valence-electron chi connectivity index (χ2n) is 7.11. The number of nitrogens with zero attached hydrogens (tertiary/aromatic N) is 1. The van der Waals surface area contributed by atoms with Crippen LogP contribution >= 0.6 is 0 Å². The zero-order valence-corrected chi connectivity index (χ0v) is 13.8. The zero-order valence-electron chi connectivity index (χ0n) is 13.8. The van der Waals surface area contributed by atoms with Crippen LogP contribution < -0.4 is 0 Å². The van der Waals surface area contributed by atoms with Gasteiger partial charge in [0.2, 0.25) is 0 Å². The summed E-state index contributed by atoms with van der Waals surface area (Å²) in [7, 11) is 0. The lowest BCUT2D eigenvalue weighted by Gasteiger charge is -2.30. The van der Waals surface area contributed by atoms with Crippen molar-refractivity contribution in [1.82, 2.24) is 4.90 Å². The minimum absolute atomic E-state index is 0.0529. The molecule has 124 valence electrons. The molecule has 0 heterocycles. The van der Waals surface area contributed by atoms with Crippen LogP contribution in [0.4, 0.5) is 13.2 Å². The van der Waals surface area contributed by atoms with Gasteiger partial charge in [-0.05, 0) is 29.0 Å². The van der Waals surface area contributed by atoms with Crippen molar-refractivity contribution >= 4 is 5.91 Å². The monoisotopic (exact) mass is 315 g/mol. The molecule has 0 fully saturated rings. The van der Waals surface area contributed by atoms with E-state index >= 15 is 0 Å². The first kappa shape index (κ1) is 18.5. The number of carbonyl (C=O) groups excluding carboxylic acids is 1. The summed E-state index contributed by atoms with van der Waals surface area (Å²) in [5.41, 5.74) is 0.936. The topological polar surface area (TPSA) is 20.3 Å². The number of hydrogen-bond donors (Lipinski definition) is 0. The Morgan fingerprint density at radius 2 is 1.55 bits per heavy atom. The number of hydrogen-bond acceptors (Lipinski definition) is 1. The third-order valence-corrected chi connectivity index (χ3v) is 3.15. The highest BCUT2D eigenvalue weighted by molar-refractivity contribution is 5.94. The van der Waals surface area contributed by atoms with Gasteiger partial charge in [0, 0.05) is 12.1 Å². The summed E-state index contributed by atoms with van der Waals surface area (Å²) in [6.07, 6.45) is -4.40. The molecule has 0 N–H and O–H groups in total. The normalized spacial score (nSPS) is 12.6. The molecule has 0 aliphatic rings. The van der Waals surface area contributed by atoms with Gasteiger partial charge in [-0.15, -0.1) is 0 Å². The molecule has 0 aromatic heterocycles. The molecule has 0 unspecified atom stereocenters.